The average molecular weight is 341 g/mol. The van der Waals surface area contributed by atoms with Gasteiger partial charge in [-0.1, -0.05) is 18.2 Å². The van der Waals surface area contributed by atoms with Crippen molar-refractivity contribution >= 4 is 16.7 Å². The molecule has 0 unspecified atom stereocenters. The van der Waals surface area contributed by atoms with Crippen LogP contribution >= 0.6 is 0 Å². The topological polar surface area (TPSA) is 68.5 Å². The van der Waals surface area contributed by atoms with E-state index in [0.717, 1.165) is 17.4 Å². The van der Waals surface area contributed by atoms with Gasteiger partial charge in [-0.05, 0) is 47.7 Å². The molecule has 0 aliphatic heterocycles. The maximum atomic E-state index is 13.2. The van der Waals surface area contributed by atoms with E-state index in [1.165, 1.54) is 18.2 Å². The first-order chi connectivity index (χ1) is 12.1. The van der Waals surface area contributed by atoms with Crippen LogP contribution < -0.4 is 15.7 Å². The fraction of sp³-hybridized carbons (Fsp3) is 0.158. The molecular formula is C19H16FNO4. The van der Waals surface area contributed by atoms with E-state index in [1.807, 2.05) is 24.3 Å². The summed E-state index contributed by atoms with van der Waals surface area (Å²) in [5.74, 6) is -0.352. The van der Waals surface area contributed by atoms with E-state index in [-0.39, 0.29) is 11.1 Å². The number of fused-ring (bicyclic) bond motifs is 1. The summed E-state index contributed by atoms with van der Waals surface area (Å²) in [7, 11) is 1.60. The Labute approximate surface area is 143 Å². The third-order valence-electron chi connectivity index (χ3n) is 3.81. The van der Waals surface area contributed by atoms with Gasteiger partial charge in [0.1, 0.15) is 11.6 Å². The van der Waals surface area contributed by atoms with Crippen molar-refractivity contribution in [2.45, 2.75) is 6.42 Å². The molecule has 25 heavy (non-hydrogen) atoms. The normalized spacial score (nSPS) is 10.6. The second-order valence-corrected chi connectivity index (χ2v) is 5.48. The number of ether oxygens (including phenoxy) is 1. The highest BCUT2D eigenvalue weighted by Crippen LogP contribution is 2.14. The highest BCUT2D eigenvalue weighted by Gasteiger charge is 2.12. The molecule has 1 heterocycles. The third kappa shape index (κ3) is 3.85. The zero-order valence-corrected chi connectivity index (χ0v) is 13.5. The van der Waals surface area contributed by atoms with Crippen LogP contribution in [0.15, 0.2) is 57.7 Å². The molecule has 0 atom stereocenters. The summed E-state index contributed by atoms with van der Waals surface area (Å²) >= 11 is 0. The van der Waals surface area contributed by atoms with Gasteiger partial charge < -0.3 is 14.5 Å². The minimum Gasteiger partial charge on any atom is -0.497 e. The number of carbonyl (C=O) groups is 1. The lowest BCUT2D eigenvalue weighted by Crippen LogP contribution is -2.26. The Morgan fingerprint density at radius 3 is 2.64 bits per heavy atom. The number of hydrogen-bond acceptors (Lipinski definition) is 4. The van der Waals surface area contributed by atoms with E-state index < -0.39 is 17.3 Å². The van der Waals surface area contributed by atoms with Crippen LogP contribution in [0.5, 0.6) is 5.75 Å². The molecule has 1 aromatic heterocycles. The van der Waals surface area contributed by atoms with Gasteiger partial charge in [0, 0.05) is 6.54 Å². The first-order valence-corrected chi connectivity index (χ1v) is 7.71. The standard InChI is InChI=1S/C19H16FNO4/c1-24-15-6-2-12(3-7-15)8-9-21-18(22)17-10-13-4-5-14(20)11-16(13)19(23)25-17/h2-7,10-11H,8-9H2,1H3,(H,21,22). The fourth-order valence-corrected chi connectivity index (χ4v) is 2.47. The van der Waals surface area contributed by atoms with Crippen molar-refractivity contribution in [3.8, 4) is 5.75 Å². The second-order valence-electron chi connectivity index (χ2n) is 5.48. The largest absolute Gasteiger partial charge is 0.497 e. The first kappa shape index (κ1) is 16.7. The number of halogens is 1. The molecule has 128 valence electrons. The van der Waals surface area contributed by atoms with Gasteiger partial charge in [0.2, 0.25) is 0 Å². The van der Waals surface area contributed by atoms with Gasteiger partial charge in [-0.2, -0.15) is 0 Å². The molecule has 0 radical (unpaired) electrons. The van der Waals surface area contributed by atoms with Crippen LogP contribution in [-0.4, -0.2) is 19.6 Å². The summed E-state index contributed by atoms with van der Waals surface area (Å²) in [6, 6.07) is 12.7. The Balaban J connectivity index is 1.67. The van der Waals surface area contributed by atoms with E-state index in [1.54, 1.807) is 7.11 Å². The maximum absolute atomic E-state index is 13.2. The molecule has 0 aliphatic carbocycles. The average Bonchev–Trinajstić information content (AvgIpc) is 2.62. The minimum absolute atomic E-state index is 0.0983. The second kappa shape index (κ2) is 7.17. The summed E-state index contributed by atoms with van der Waals surface area (Å²) < 4.78 is 23.3. The molecule has 0 aliphatic rings. The minimum atomic E-state index is -0.739. The van der Waals surface area contributed by atoms with Gasteiger partial charge in [-0.15, -0.1) is 0 Å². The van der Waals surface area contributed by atoms with Crippen molar-refractivity contribution in [1.82, 2.24) is 5.32 Å². The molecule has 0 spiro atoms. The van der Waals surface area contributed by atoms with Crippen LogP contribution in [0.1, 0.15) is 16.1 Å². The van der Waals surface area contributed by atoms with E-state index in [9.17, 15) is 14.0 Å². The van der Waals surface area contributed by atoms with Crippen LogP contribution in [0.3, 0.4) is 0 Å². The summed E-state index contributed by atoms with van der Waals surface area (Å²) in [5.41, 5.74) is 0.300. The number of nitrogens with one attached hydrogen (secondary N) is 1. The van der Waals surface area contributed by atoms with Gasteiger partial charge in [0.15, 0.2) is 5.76 Å². The monoisotopic (exact) mass is 341 g/mol. The predicted octanol–water partition coefficient (Wildman–Crippen LogP) is 2.91. The quantitative estimate of drug-likeness (QED) is 0.775. The summed E-state index contributed by atoms with van der Waals surface area (Å²) in [6.07, 6.45) is 0.624. The number of hydrogen-bond donors (Lipinski definition) is 1. The molecule has 1 N–H and O–H groups in total. The lowest BCUT2D eigenvalue weighted by molar-refractivity contribution is 0.0922. The SMILES string of the molecule is COc1ccc(CCNC(=O)c2cc3ccc(F)cc3c(=O)o2)cc1. The number of carbonyl (C=O) groups excluding carboxylic acids is 1. The van der Waals surface area contributed by atoms with Crippen LogP contribution in [0.4, 0.5) is 4.39 Å². The fourth-order valence-electron chi connectivity index (χ4n) is 2.47. The van der Waals surface area contributed by atoms with Crippen LogP contribution in [-0.2, 0) is 6.42 Å². The molecule has 0 saturated heterocycles. The molecule has 3 rings (SSSR count). The number of rotatable bonds is 5. The van der Waals surface area contributed by atoms with Crippen molar-refractivity contribution in [3.63, 3.8) is 0 Å². The lowest BCUT2D eigenvalue weighted by atomic mass is 10.1. The molecule has 0 fully saturated rings. The van der Waals surface area contributed by atoms with Crippen molar-refractivity contribution in [3.05, 3.63) is 76.1 Å². The third-order valence-corrected chi connectivity index (χ3v) is 3.81. The molecule has 3 aromatic rings. The highest BCUT2D eigenvalue weighted by molar-refractivity contribution is 5.95. The van der Waals surface area contributed by atoms with Crippen LogP contribution in [0.25, 0.3) is 10.8 Å². The van der Waals surface area contributed by atoms with Gasteiger partial charge in [0.05, 0.1) is 12.5 Å². The van der Waals surface area contributed by atoms with Gasteiger partial charge in [-0.25, -0.2) is 9.18 Å². The molecule has 6 heteroatoms. The summed E-state index contributed by atoms with van der Waals surface area (Å²) in [5, 5.41) is 3.27. The molecule has 1 amide bonds. The predicted molar refractivity (Wildman–Crippen MR) is 91.5 cm³/mol. The van der Waals surface area contributed by atoms with Crippen LogP contribution in [0.2, 0.25) is 0 Å². The number of methoxy groups -OCH3 is 1. The first-order valence-electron chi connectivity index (χ1n) is 7.71. The maximum Gasteiger partial charge on any atom is 0.344 e. The van der Waals surface area contributed by atoms with Crippen molar-refractivity contribution < 1.29 is 18.3 Å². The van der Waals surface area contributed by atoms with Crippen molar-refractivity contribution in [2.24, 2.45) is 0 Å². The van der Waals surface area contributed by atoms with Gasteiger partial charge in [0.25, 0.3) is 5.91 Å². The Kier molecular flexibility index (Phi) is 4.79. The van der Waals surface area contributed by atoms with Crippen LogP contribution in [0, 0.1) is 5.82 Å². The Morgan fingerprint density at radius 2 is 1.92 bits per heavy atom. The highest BCUT2D eigenvalue weighted by atomic mass is 19.1. The van der Waals surface area contributed by atoms with Crippen molar-refractivity contribution in [1.29, 1.82) is 0 Å². The van der Waals surface area contributed by atoms with E-state index >= 15 is 0 Å². The summed E-state index contributed by atoms with van der Waals surface area (Å²) in [6.45, 7) is 0.385. The van der Waals surface area contributed by atoms with Crippen molar-refractivity contribution in [2.75, 3.05) is 13.7 Å². The zero-order valence-electron chi connectivity index (χ0n) is 13.5. The van der Waals surface area contributed by atoms with E-state index in [4.69, 9.17) is 9.15 Å². The van der Waals surface area contributed by atoms with E-state index in [2.05, 4.69) is 5.32 Å². The Morgan fingerprint density at radius 1 is 1.16 bits per heavy atom. The van der Waals surface area contributed by atoms with Gasteiger partial charge >= 0.3 is 5.63 Å². The molecule has 5 nitrogen and oxygen atoms in total. The molecule has 0 saturated carbocycles. The Bertz CT molecular complexity index is 963. The zero-order chi connectivity index (χ0) is 17.8. The summed E-state index contributed by atoms with van der Waals surface area (Å²) in [4.78, 5) is 24.0. The number of benzene rings is 2. The molecule has 2 aromatic carbocycles. The Hall–Kier alpha value is -3.15. The lowest BCUT2D eigenvalue weighted by Gasteiger charge is -2.06. The molecular weight excluding hydrogens is 325 g/mol. The van der Waals surface area contributed by atoms with E-state index in [0.29, 0.717) is 18.4 Å². The van der Waals surface area contributed by atoms with Gasteiger partial charge in [-0.3, -0.25) is 4.79 Å². The molecule has 0 bridgehead atoms. The smallest absolute Gasteiger partial charge is 0.344 e. The number of amides is 1.